The molecule has 0 spiro atoms. The van der Waals surface area contributed by atoms with Crippen molar-refractivity contribution in [2.24, 2.45) is 0 Å². The molecule has 0 aromatic heterocycles. The van der Waals surface area contributed by atoms with Gasteiger partial charge in [0.05, 0.1) is 16.8 Å². The zero-order valence-corrected chi connectivity index (χ0v) is 22.5. The molecule has 1 aliphatic heterocycles. The average molecular weight is 462 g/mol. The number of aryl methyl sites for hydroxylation is 2. The van der Waals surface area contributed by atoms with Gasteiger partial charge in [-0.2, -0.15) is 0 Å². The maximum Gasteiger partial charge on any atom is 0.495 e. The molecule has 2 aliphatic rings. The molecule has 1 saturated heterocycles. The Morgan fingerprint density at radius 2 is 1.32 bits per heavy atom. The van der Waals surface area contributed by atoms with Gasteiger partial charge in [-0.15, -0.1) is 0 Å². The summed E-state index contributed by atoms with van der Waals surface area (Å²) in [6, 6.07) is 13.6. The third-order valence-electron chi connectivity index (χ3n) is 9.25. The Bertz CT molecular complexity index is 1030. The van der Waals surface area contributed by atoms with Crippen molar-refractivity contribution in [3.63, 3.8) is 0 Å². The van der Waals surface area contributed by atoms with Gasteiger partial charge in [0.25, 0.3) is 0 Å². The first-order valence-corrected chi connectivity index (χ1v) is 13.2. The molecule has 3 nitrogen and oxygen atoms in total. The number of rotatable bonds is 6. The number of hydrogen-bond acceptors (Lipinski definition) is 3. The Morgan fingerprint density at radius 3 is 1.79 bits per heavy atom. The summed E-state index contributed by atoms with van der Waals surface area (Å²) in [7, 11) is -0.342. The van der Waals surface area contributed by atoms with Gasteiger partial charge in [-0.3, -0.25) is 0 Å². The summed E-state index contributed by atoms with van der Waals surface area (Å²) in [6.07, 6.45) is 6.00. The van der Waals surface area contributed by atoms with Crippen LogP contribution in [0.15, 0.2) is 36.4 Å². The van der Waals surface area contributed by atoms with E-state index in [1.165, 1.54) is 22.3 Å². The molecule has 1 saturated carbocycles. The van der Waals surface area contributed by atoms with Crippen molar-refractivity contribution >= 4 is 12.6 Å². The highest BCUT2D eigenvalue weighted by Crippen LogP contribution is 2.44. The van der Waals surface area contributed by atoms with Crippen LogP contribution < -0.4 is 5.46 Å². The molecule has 0 unspecified atom stereocenters. The van der Waals surface area contributed by atoms with E-state index in [4.69, 9.17) is 9.31 Å². The topological polar surface area (TPSA) is 38.7 Å². The zero-order valence-electron chi connectivity index (χ0n) is 22.5. The van der Waals surface area contributed by atoms with E-state index in [-0.39, 0.29) is 23.7 Å². The van der Waals surface area contributed by atoms with E-state index in [2.05, 4.69) is 91.8 Å². The highest BCUT2D eigenvalue weighted by molar-refractivity contribution is 6.62. The molecule has 34 heavy (non-hydrogen) atoms. The molecule has 184 valence electrons. The van der Waals surface area contributed by atoms with Crippen LogP contribution in [0.4, 0.5) is 0 Å². The fraction of sp³-hybridized carbons (Fsp3) is 0.600. The van der Waals surface area contributed by atoms with Gasteiger partial charge in [0.15, 0.2) is 0 Å². The first kappa shape index (κ1) is 25.5. The van der Waals surface area contributed by atoms with E-state index in [0.29, 0.717) is 0 Å². The molecular formula is C30H43BO3. The lowest BCUT2D eigenvalue weighted by molar-refractivity contribution is 0.00578. The maximum atomic E-state index is 11.2. The van der Waals surface area contributed by atoms with E-state index >= 15 is 0 Å². The highest BCUT2D eigenvalue weighted by atomic mass is 16.7. The average Bonchev–Trinajstić information content (AvgIpc) is 3.30. The van der Waals surface area contributed by atoms with E-state index < -0.39 is 5.60 Å². The largest absolute Gasteiger partial charge is 0.495 e. The number of hydrogen-bond donors (Lipinski definition) is 1. The summed E-state index contributed by atoms with van der Waals surface area (Å²) in [4.78, 5) is 0. The Morgan fingerprint density at radius 1 is 0.824 bits per heavy atom. The molecule has 1 heterocycles. The Labute approximate surface area is 207 Å². The molecule has 1 N–H and O–H groups in total. The molecule has 2 fully saturated rings. The summed E-state index contributed by atoms with van der Waals surface area (Å²) in [6.45, 7) is 17.3. The Kier molecular flexibility index (Phi) is 6.59. The number of benzene rings is 2. The normalized spacial score (nSPS) is 21.3. The van der Waals surface area contributed by atoms with E-state index in [9.17, 15) is 5.11 Å². The molecule has 2 aromatic carbocycles. The third kappa shape index (κ3) is 4.06. The lowest BCUT2D eigenvalue weighted by atomic mass is 9.67. The monoisotopic (exact) mass is 462 g/mol. The van der Waals surface area contributed by atoms with Crippen LogP contribution in [0.1, 0.15) is 108 Å². The Balaban J connectivity index is 1.70. The van der Waals surface area contributed by atoms with Gasteiger partial charge >= 0.3 is 7.12 Å². The molecule has 0 amide bonds. The van der Waals surface area contributed by atoms with Gasteiger partial charge in [-0.1, -0.05) is 68.7 Å². The second-order valence-corrected chi connectivity index (χ2v) is 11.7. The summed E-state index contributed by atoms with van der Waals surface area (Å²) < 4.78 is 12.7. The smallest absolute Gasteiger partial charge is 0.399 e. The SMILES string of the molecule is CCC(CC)(c1ccc(B2OC(C)(C)C(C)(C)O2)c(C)c1)c1ccc(C2(O)CCCC2)c(C)c1. The molecule has 0 bridgehead atoms. The molecule has 0 radical (unpaired) electrons. The fourth-order valence-electron chi connectivity index (χ4n) is 6.15. The van der Waals surface area contributed by atoms with Crippen molar-refractivity contribution in [3.05, 3.63) is 64.2 Å². The van der Waals surface area contributed by atoms with E-state index in [0.717, 1.165) is 49.6 Å². The number of aliphatic hydroxyl groups is 1. The van der Waals surface area contributed by atoms with Gasteiger partial charge in [0.2, 0.25) is 0 Å². The van der Waals surface area contributed by atoms with Crippen molar-refractivity contribution in [1.29, 1.82) is 0 Å². The van der Waals surface area contributed by atoms with Gasteiger partial charge in [0, 0.05) is 5.41 Å². The van der Waals surface area contributed by atoms with Gasteiger partial charge in [-0.25, -0.2) is 0 Å². The molecular weight excluding hydrogens is 419 g/mol. The minimum Gasteiger partial charge on any atom is -0.399 e. The van der Waals surface area contributed by atoms with Gasteiger partial charge < -0.3 is 14.4 Å². The van der Waals surface area contributed by atoms with Crippen molar-refractivity contribution in [2.75, 3.05) is 0 Å². The Hall–Kier alpha value is -1.62. The predicted molar refractivity (Wildman–Crippen MR) is 142 cm³/mol. The quantitative estimate of drug-likeness (QED) is 0.500. The highest BCUT2D eigenvalue weighted by Gasteiger charge is 2.52. The summed E-state index contributed by atoms with van der Waals surface area (Å²) >= 11 is 0. The van der Waals surface area contributed by atoms with E-state index in [1.807, 2.05) is 0 Å². The lowest BCUT2D eigenvalue weighted by Gasteiger charge is -2.35. The van der Waals surface area contributed by atoms with E-state index in [1.54, 1.807) is 0 Å². The predicted octanol–water partition coefficient (Wildman–Crippen LogP) is 6.47. The van der Waals surface area contributed by atoms with Gasteiger partial charge in [-0.05, 0) is 94.9 Å². The second-order valence-electron chi connectivity index (χ2n) is 11.7. The van der Waals surface area contributed by atoms with Crippen molar-refractivity contribution in [3.8, 4) is 0 Å². The molecule has 4 heteroatoms. The van der Waals surface area contributed by atoms with Crippen LogP contribution in [0, 0.1) is 13.8 Å². The zero-order chi connectivity index (χ0) is 24.9. The first-order chi connectivity index (χ1) is 15.9. The lowest BCUT2D eigenvalue weighted by Crippen LogP contribution is -2.41. The van der Waals surface area contributed by atoms with Crippen LogP contribution in [-0.4, -0.2) is 23.4 Å². The van der Waals surface area contributed by atoms with Crippen LogP contribution in [0.3, 0.4) is 0 Å². The molecule has 4 rings (SSSR count). The van der Waals surface area contributed by atoms with Crippen LogP contribution >= 0.6 is 0 Å². The van der Waals surface area contributed by atoms with Crippen molar-refractivity contribution in [2.45, 2.75) is 116 Å². The van der Waals surface area contributed by atoms with Crippen LogP contribution in [0.25, 0.3) is 0 Å². The van der Waals surface area contributed by atoms with Crippen molar-refractivity contribution in [1.82, 2.24) is 0 Å². The maximum absolute atomic E-state index is 11.2. The van der Waals surface area contributed by atoms with Crippen LogP contribution in [0.2, 0.25) is 0 Å². The van der Waals surface area contributed by atoms with Crippen molar-refractivity contribution < 1.29 is 14.4 Å². The molecule has 0 atom stereocenters. The summed E-state index contributed by atoms with van der Waals surface area (Å²) in [5.41, 5.74) is 5.90. The minimum atomic E-state index is -0.648. The second kappa shape index (κ2) is 8.80. The van der Waals surface area contributed by atoms with Crippen LogP contribution in [0.5, 0.6) is 0 Å². The minimum absolute atomic E-state index is 0.0686. The standard InChI is InChI=1S/C30H43BO3/c1-9-29(10-2,23-13-15-25(21(3)19-23)30(32)17-11-12-18-30)24-14-16-26(22(4)20-24)31-33-27(5,6)28(7,8)34-31/h13-16,19-20,32H,9-12,17-18H2,1-8H3. The molecule has 2 aromatic rings. The fourth-order valence-corrected chi connectivity index (χ4v) is 6.15. The molecule has 1 aliphatic carbocycles. The summed E-state index contributed by atoms with van der Waals surface area (Å²) in [5.74, 6) is 0. The third-order valence-corrected chi connectivity index (χ3v) is 9.25. The van der Waals surface area contributed by atoms with Crippen LogP contribution in [-0.2, 0) is 20.3 Å². The first-order valence-electron chi connectivity index (χ1n) is 13.2. The summed E-state index contributed by atoms with van der Waals surface area (Å²) in [5, 5.41) is 11.2. The van der Waals surface area contributed by atoms with Gasteiger partial charge in [0.1, 0.15) is 0 Å².